The van der Waals surface area contributed by atoms with E-state index >= 15 is 0 Å². The summed E-state index contributed by atoms with van der Waals surface area (Å²) in [6, 6.07) is 3.67. The van der Waals surface area contributed by atoms with E-state index in [0.717, 1.165) is 12.0 Å². The lowest BCUT2D eigenvalue weighted by atomic mass is 9.99. The van der Waals surface area contributed by atoms with E-state index in [-0.39, 0.29) is 6.04 Å². The number of carbonyl (C=O) groups is 1. The Kier molecular flexibility index (Phi) is 4.82. The summed E-state index contributed by atoms with van der Waals surface area (Å²) in [5.74, 6) is -0.502. The number of halogens is 3. The molecule has 21 heavy (non-hydrogen) atoms. The maximum atomic E-state index is 12.0. The van der Waals surface area contributed by atoms with Gasteiger partial charge in [-0.15, -0.1) is 0 Å². The molecule has 1 amide bonds. The SMILES string of the molecule is O=C(NCCC(F)(F)F)C1=CCCC(c2ccncc2)N1. The van der Waals surface area contributed by atoms with Gasteiger partial charge in [0.1, 0.15) is 0 Å². The second-order valence-electron chi connectivity index (χ2n) is 4.79. The van der Waals surface area contributed by atoms with Crippen molar-refractivity contribution in [2.45, 2.75) is 31.5 Å². The number of amides is 1. The van der Waals surface area contributed by atoms with Crippen LogP contribution in [-0.2, 0) is 4.79 Å². The minimum atomic E-state index is -4.26. The fraction of sp³-hybridized carbons (Fsp3) is 0.429. The highest BCUT2D eigenvalue weighted by molar-refractivity contribution is 5.92. The van der Waals surface area contributed by atoms with E-state index in [9.17, 15) is 18.0 Å². The molecular weight excluding hydrogens is 283 g/mol. The van der Waals surface area contributed by atoms with Gasteiger partial charge in [0.05, 0.1) is 18.2 Å². The minimum absolute atomic E-state index is 0.0265. The molecule has 0 radical (unpaired) electrons. The van der Waals surface area contributed by atoms with Gasteiger partial charge in [-0.3, -0.25) is 9.78 Å². The number of nitrogens with one attached hydrogen (secondary N) is 2. The van der Waals surface area contributed by atoms with Crippen molar-refractivity contribution in [2.75, 3.05) is 6.54 Å². The zero-order chi connectivity index (χ0) is 15.3. The smallest absolute Gasteiger partial charge is 0.374 e. The topological polar surface area (TPSA) is 54.0 Å². The van der Waals surface area contributed by atoms with Crippen molar-refractivity contribution in [3.8, 4) is 0 Å². The predicted octanol–water partition coefficient (Wildman–Crippen LogP) is 2.46. The zero-order valence-electron chi connectivity index (χ0n) is 11.3. The molecule has 0 bridgehead atoms. The summed E-state index contributed by atoms with van der Waals surface area (Å²) < 4.78 is 36.1. The molecule has 1 aliphatic rings. The Morgan fingerprint density at radius 2 is 2.10 bits per heavy atom. The molecule has 1 atom stereocenters. The second-order valence-corrected chi connectivity index (χ2v) is 4.79. The first-order valence-electron chi connectivity index (χ1n) is 6.67. The second kappa shape index (κ2) is 6.60. The van der Waals surface area contributed by atoms with Crippen LogP contribution < -0.4 is 10.6 Å². The molecule has 0 saturated carbocycles. The fourth-order valence-corrected chi connectivity index (χ4v) is 2.13. The molecular formula is C14H16F3N3O. The summed E-state index contributed by atoms with van der Waals surface area (Å²) in [7, 11) is 0. The number of carbonyl (C=O) groups excluding carboxylic acids is 1. The quantitative estimate of drug-likeness (QED) is 0.898. The van der Waals surface area contributed by atoms with Gasteiger partial charge in [0.25, 0.3) is 5.91 Å². The van der Waals surface area contributed by atoms with Gasteiger partial charge < -0.3 is 10.6 Å². The molecule has 0 aromatic carbocycles. The first-order chi connectivity index (χ1) is 9.96. The third-order valence-corrected chi connectivity index (χ3v) is 3.18. The van der Waals surface area contributed by atoms with Gasteiger partial charge in [0.15, 0.2) is 0 Å². The van der Waals surface area contributed by atoms with Gasteiger partial charge >= 0.3 is 6.18 Å². The summed E-state index contributed by atoms with van der Waals surface area (Å²) >= 11 is 0. The summed E-state index contributed by atoms with van der Waals surface area (Å²) in [5, 5.41) is 5.34. The number of allylic oxidation sites excluding steroid dienone is 1. The van der Waals surface area contributed by atoms with Crippen molar-refractivity contribution < 1.29 is 18.0 Å². The lowest BCUT2D eigenvalue weighted by Crippen LogP contribution is -2.37. The van der Waals surface area contributed by atoms with Crippen LogP contribution in [0.4, 0.5) is 13.2 Å². The summed E-state index contributed by atoms with van der Waals surface area (Å²) in [6.45, 7) is -0.415. The number of aromatic nitrogens is 1. The van der Waals surface area contributed by atoms with Crippen LogP contribution in [0.5, 0.6) is 0 Å². The Balaban J connectivity index is 1.89. The third kappa shape index (κ3) is 4.77. The zero-order valence-corrected chi connectivity index (χ0v) is 11.3. The van der Waals surface area contributed by atoms with Crippen molar-refractivity contribution >= 4 is 5.91 Å². The van der Waals surface area contributed by atoms with E-state index in [1.807, 2.05) is 12.1 Å². The Hall–Kier alpha value is -2.05. The van der Waals surface area contributed by atoms with Gasteiger partial charge in [-0.05, 0) is 30.5 Å². The predicted molar refractivity (Wildman–Crippen MR) is 71.1 cm³/mol. The molecule has 4 nitrogen and oxygen atoms in total. The number of hydrogen-bond acceptors (Lipinski definition) is 3. The van der Waals surface area contributed by atoms with Gasteiger partial charge in [-0.1, -0.05) is 6.08 Å². The Bertz CT molecular complexity index is 514. The highest BCUT2D eigenvalue weighted by Gasteiger charge is 2.27. The maximum absolute atomic E-state index is 12.0. The van der Waals surface area contributed by atoms with E-state index in [1.54, 1.807) is 18.5 Å². The molecule has 2 rings (SSSR count). The number of alkyl halides is 3. The lowest BCUT2D eigenvalue weighted by molar-refractivity contribution is -0.135. The third-order valence-electron chi connectivity index (χ3n) is 3.18. The molecule has 0 fully saturated rings. The van der Waals surface area contributed by atoms with Crippen molar-refractivity contribution in [1.82, 2.24) is 15.6 Å². The van der Waals surface area contributed by atoms with Crippen molar-refractivity contribution in [2.24, 2.45) is 0 Å². The van der Waals surface area contributed by atoms with Crippen molar-refractivity contribution in [3.05, 3.63) is 41.9 Å². The van der Waals surface area contributed by atoms with E-state index < -0.39 is 25.0 Å². The minimum Gasteiger partial charge on any atom is -0.374 e. The van der Waals surface area contributed by atoms with Gasteiger partial charge in [-0.2, -0.15) is 13.2 Å². The van der Waals surface area contributed by atoms with Crippen molar-refractivity contribution in [3.63, 3.8) is 0 Å². The van der Waals surface area contributed by atoms with Gasteiger partial charge in [0.2, 0.25) is 0 Å². The molecule has 7 heteroatoms. The monoisotopic (exact) mass is 299 g/mol. The molecule has 114 valence electrons. The molecule has 1 aromatic heterocycles. The average molecular weight is 299 g/mol. The molecule has 2 N–H and O–H groups in total. The maximum Gasteiger partial charge on any atom is 0.390 e. The molecule has 0 spiro atoms. The first-order valence-corrected chi connectivity index (χ1v) is 6.67. The van der Waals surface area contributed by atoms with Crippen LogP contribution in [0.1, 0.15) is 30.9 Å². The number of nitrogens with zero attached hydrogens (tertiary/aromatic N) is 1. The van der Waals surface area contributed by atoms with Crippen LogP contribution in [0.2, 0.25) is 0 Å². The highest BCUT2D eigenvalue weighted by atomic mass is 19.4. The molecule has 0 saturated heterocycles. The van der Waals surface area contributed by atoms with E-state index in [1.165, 1.54) is 0 Å². The van der Waals surface area contributed by atoms with Crippen molar-refractivity contribution in [1.29, 1.82) is 0 Å². The molecule has 1 aliphatic heterocycles. The standard InChI is InChI=1S/C14H16F3N3O/c15-14(16,17)6-9-19-13(21)12-3-1-2-11(20-12)10-4-7-18-8-5-10/h3-5,7-8,11,20H,1-2,6,9H2,(H,19,21). The summed E-state index contributed by atoms with van der Waals surface area (Å²) in [6.07, 6.45) is 1.27. The molecule has 1 aromatic rings. The first kappa shape index (κ1) is 15.3. The van der Waals surface area contributed by atoms with Crippen LogP contribution in [0.15, 0.2) is 36.3 Å². The lowest BCUT2D eigenvalue weighted by Gasteiger charge is -2.25. The molecule has 1 unspecified atom stereocenters. The van der Waals surface area contributed by atoms with Crippen LogP contribution >= 0.6 is 0 Å². The van der Waals surface area contributed by atoms with E-state index in [0.29, 0.717) is 12.1 Å². The number of pyridine rings is 1. The Labute approximate surface area is 120 Å². The molecule has 2 heterocycles. The Morgan fingerprint density at radius 3 is 2.76 bits per heavy atom. The van der Waals surface area contributed by atoms with Crippen LogP contribution in [-0.4, -0.2) is 23.6 Å². The summed E-state index contributed by atoms with van der Waals surface area (Å²) in [5.41, 5.74) is 1.32. The summed E-state index contributed by atoms with van der Waals surface area (Å²) in [4.78, 5) is 15.8. The van der Waals surface area contributed by atoms with Gasteiger partial charge in [0, 0.05) is 18.9 Å². The molecule has 0 aliphatic carbocycles. The van der Waals surface area contributed by atoms with E-state index in [4.69, 9.17) is 0 Å². The Morgan fingerprint density at radius 1 is 1.38 bits per heavy atom. The average Bonchev–Trinajstić information content (AvgIpc) is 2.47. The van der Waals surface area contributed by atoms with Crippen LogP contribution in [0.3, 0.4) is 0 Å². The number of rotatable bonds is 4. The van der Waals surface area contributed by atoms with Crippen LogP contribution in [0.25, 0.3) is 0 Å². The largest absolute Gasteiger partial charge is 0.390 e. The number of hydrogen-bond donors (Lipinski definition) is 2. The highest BCUT2D eigenvalue weighted by Crippen LogP contribution is 2.24. The normalized spacial score (nSPS) is 18.6. The van der Waals surface area contributed by atoms with Gasteiger partial charge in [-0.25, -0.2) is 0 Å². The van der Waals surface area contributed by atoms with E-state index in [2.05, 4.69) is 15.6 Å². The fourth-order valence-electron chi connectivity index (χ4n) is 2.13. The van der Waals surface area contributed by atoms with Crippen LogP contribution in [0, 0.1) is 0 Å².